The second kappa shape index (κ2) is 6.05. The lowest BCUT2D eigenvalue weighted by Crippen LogP contribution is -2.52. The molecule has 3 N–H and O–H groups in total. The first-order valence-corrected chi connectivity index (χ1v) is 6.86. The Hall–Kier alpha value is -1.88. The smallest absolute Gasteiger partial charge is 0.244 e. The molecule has 5 heteroatoms. The number of nitrogens with one attached hydrogen (secondary N) is 1. The number of carbonyl (C=O) groups is 2. The normalized spacial score (nSPS) is 22.8. The molecule has 2 rings (SSSR count). The van der Waals surface area contributed by atoms with Gasteiger partial charge in [0.25, 0.3) is 0 Å². The second-order valence-electron chi connectivity index (χ2n) is 5.48. The first-order valence-electron chi connectivity index (χ1n) is 6.86. The standard InChI is InChI=1S/C15H21N3O2/c1-10-5-3-4-6-13(10)17-14(19)9-18-8-12(16)11(2)7-15(18)20/h3-6,11-12H,7-9,16H2,1-2H3,(H,17,19). The molecule has 1 aliphatic rings. The molecule has 5 nitrogen and oxygen atoms in total. The molecule has 1 aliphatic heterocycles. The SMILES string of the molecule is Cc1ccccc1NC(=O)CN1CC(N)C(C)CC1=O. The van der Waals surface area contributed by atoms with Crippen LogP contribution in [0.1, 0.15) is 18.9 Å². The van der Waals surface area contributed by atoms with E-state index in [0.717, 1.165) is 11.3 Å². The fraction of sp³-hybridized carbons (Fsp3) is 0.467. The Morgan fingerprint density at radius 2 is 2.15 bits per heavy atom. The minimum Gasteiger partial charge on any atom is -0.332 e. The van der Waals surface area contributed by atoms with Crippen LogP contribution in [0.3, 0.4) is 0 Å². The summed E-state index contributed by atoms with van der Waals surface area (Å²) in [7, 11) is 0. The van der Waals surface area contributed by atoms with Gasteiger partial charge in [-0.05, 0) is 24.5 Å². The number of amides is 2. The van der Waals surface area contributed by atoms with Gasteiger partial charge in [-0.2, -0.15) is 0 Å². The summed E-state index contributed by atoms with van der Waals surface area (Å²) in [6, 6.07) is 7.50. The van der Waals surface area contributed by atoms with Crippen molar-refractivity contribution in [1.82, 2.24) is 4.90 Å². The summed E-state index contributed by atoms with van der Waals surface area (Å²) < 4.78 is 0. The summed E-state index contributed by atoms with van der Waals surface area (Å²) in [4.78, 5) is 25.5. The third-order valence-corrected chi connectivity index (χ3v) is 3.77. The first-order chi connectivity index (χ1) is 9.47. The molecule has 1 aromatic rings. The molecule has 108 valence electrons. The van der Waals surface area contributed by atoms with E-state index in [2.05, 4.69) is 5.32 Å². The maximum absolute atomic E-state index is 12.0. The van der Waals surface area contributed by atoms with Gasteiger partial charge in [0.05, 0.1) is 6.54 Å². The molecule has 2 atom stereocenters. The van der Waals surface area contributed by atoms with Gasteiger partial charge in [0.1, 0.15) is 0 Å². The molecule has 0 radical (unpaired) electrons. The van der Waals surface area contributed by atoms with Crippen LogP contribution >= 0.6 is 0 Å². The number of piperidine rings is 1. The minimum absolute atomic E-state index is 0.000802. The Kier molecular flexibility index (Phi) is 4.39. The summed E-state index contributed by atoms with van der Waals surface area (Å²) >= 11 is 0. The highest BCUT2D eigenvalue weighted by Crippen LogP contribution is 2.17. The van der Waals surface area contributed by atoms with Crippen LogP contribution in [0.15, 0.2) is 24.3 Å². The number of benzene rings is 1. The fourth-order valence-electron chi connectivity index (χ4n) is 2.32. The molecule has 2 amide bonds. The molecule has 0 aliphatic carbocycles. The number of carbonyl (C=O) groups excluding carboxylic acids is 2. The number of hydrogen-bond donors (Lipinski definition) is 2. The van der Waals surface area contributed by atoms with Crippen molar-refractivity contribution >= 4 is 17.5 Å². The number of anilines is 1. The van der Waals surface area contributed by atoms with Gasteiger partial charge in [-0.25, -0.2) is 0 Å². The molecular weight excluding hydrogens is 254 g/mol. The number of likely N-dealkylation sites (tertiary alicyclic amines) is 1. The highest BCUT2D eigenvalue weighted by molar-refractivity contribution is 5.95. The van der Waals surface area contributed by atoms with E-state index in [1.54, 1.807) is 0 Å². The molecule has 1 aromatic carbocycles. The molecule has 1 heterocycles. The average Bonchev–Trinajstić information content (AvgIpc) is 2.39. The van der Waals surface area contributed by atoms with Crippen molar-refractivity contribution in [2.24, 2.45) is 11.7 Å². The summed E-state index contributed by atoms with van der Waals surface area (Å²) in [5.74, 6) is -0.00767. The van der Waals surface area contributed by atoms with E-state index in [1.165, 1.54) is 4.90 Å². The van der Waals surface area contributed by atoms with Crippen molar-refractivity contribution < 1.29 is 9.59 Å². The molecular formula is C15H21N3O2. The monoisotopic (exact) mass is 275 g/mol. The largest absolute Gasteiger partial charge is 0.332 e. The lowest BCUT2D eigenvalue weighted by molar-refractivity contribution is -0.138. The first kappa shape index (κ1) is 14.5. The maximum Gasteiger partial charge on any atom is 0.244 e. The van der Waals surface area contributed by atoms with Gasteiger partial charge in [0.15, 0.2) is 0 Å². The van der Waals surface area contributed by atoms with Gasteiger partial charge in [-0.15, -0.1) is 0 Å². The summed E-state index contributed by atoms with van der Waals surface area (Å²) in [5, 5.41) is 2.83. The number of para-hydroxylation sites is 1. The van der Waals surface area contributed by atoms with E-state index in [4.69, 9.17) is 5.73 Å². The van der Waals surface area contributed by atoms with E-state index in [1.807, 2.05) is 38.1 Å². The molecule has 0 spiro atoms. The lowest BCUT2D eigenvalue weighted by Gasteiger charge is -2.34. The zero-order valence-electron chi connectivity index (χ0n) is 11.9. The van der Waals surface area contributed by atoms with Crippen molar-refractivity contribution in [3.05, 3.63) is 29.8 Å². The van der Waals surface area contributed by atoms with Crippen LogP contribution in [-0.2, 0) is 9.59 Å². The Balaban J connectivity index is 1.95. The van der Waals surface area contributed by atoms with Crippen LogP contribution in [0.5, 0.6) is 0 Å². The minimum atomic E-state index is -0.186. The predicted molar refractivity (Wildman–Crippen MR) is 78.1 cm³/mol. The molecule has 1 saturated heterocycles. The van der Waals surface area contributed by atoms with E-state index in [0.29, 0.717) is 13.0 Å². The third-order valence-electron chi connectivity index (χ3n) is 3.77. The molecule has 0 saturated carbocycles. The number of hydrogen-bond acceptors (Lipinski definition) is 3. The highest BCUT2D eigenvalue weighted by Gasteiger charge is 2.30. The van der Waals surface area contributed by atoms with Crippen LogP contribution in [0, 0.1) is 12.8 Å². The molecule has 0 bridgehead atoms. The molecule has 1 fully saturated rings. The van der Waals surface area contributed by atoms with E-state index in [-0.39, 0.29) is 30.3 Å². The van der Waals surface area contributed by atoms with Crippen LogP contribution < -0.4 is 11.1 Å². The Bertz CT molecular complexity index is 516. The van der Waals surface area contributed by atoms with Crippen molar-refractivity contribution in [1.29, 1.82) is 0 Å². The number of nitrogens with zero attached hydrogens (tertiary/aromatic N) is 1. The van der Waals surface area contributed by atoms with Gasteiger partial charge in [0, 0.05) is 24.7 Å². The van der Waals surface area contributed by atoms with Gasteiger partial charge in [-0.3, -0.25) is 9.59 Å². The molecule has 0 aromatic heterocycles. The highest BCUT2D eigenvalue weighted by atomic mass is 16.2. The number of aryl methyl sites for hydroxylation is 1. The van der Waals surface area contributed by atoms with Crippen molar-refractivity contribution in [3.8, 4) is 0 Å². The topological polar surface area (TPSA) is 75.4 Å². The van der Waals surface area contributed by atoms with Gasteiger partial charge >= 0.3 is 0 Å². The summed E-state index contributed by atoms with van der Waals surface area (Å²) in [6.45, 7) is 4.40. The summed E-state index contributed by atoms with van der Waals surface area (Å²) in [6.07, 6.45) is 0.415. The van der Waals surface area contributed by atoms with Crippen molar-refractivity contribution in [2.45, 2.75) is 26.3 Å². The fourth-order valence-corrected chi connectivity index (χ4v) is 2.32. The third kappa shape index (κ3) is 3.36. The second-order valence-corrected chi connectivity index (χ2v) is 5.48. The van der Waals surface area contributed by atoms with Crippen LogP contribution in [0.2, 0.25) is 0 Å². The van der Waals surface area contributed by atoms with Crippen LogP contribution in [0.25, 0.3) is 0 Å². The predicted octanol–water partition coefficient (Wildman–Crippen LogP) is 1.13. The maximum atomic E-state index is 12.0. The zero-order chi connectivity index (χ0) is 14.7. The van der Waals surface area contributed by atoms with Gasteiger partial charge in [-0.1, -0.05) is 25.1 Å². The van der Waals surface area contributed by atoms with Gasteiger partial charge in [0.2, 0.25) is 11.8 Å². The van der Waals surface area contributed by atoms with E-state index < -0.39 is 0 Å². The number of nitrogens with two attached hydrogens (primary N) is 1. The molecule has 20 heavy (non-hydrogen) atoms. The Morgan fingerprint density at radius 1 is 1.45 bits per heavy atom. The van der Waals surface area contributed by atoms with Crippen molar-refractivity contribution in [3.63, 3.8) is 0 Å². The van der Waals surface area contributed by atoms with Crippen LogP contribution in [0.4, 0.5) is 5.69 Å². The Labute approximate surface area is 119 Å². The Morgan fingerprint density at radius 3 is 2.85 bits per heavy atom. The van der Waals surface area contributed by atoms with E-state index in [9.17, 15) is 9.59 Å². The van der Waals surface area contributed by atoms with Gasteiger partial charge < -0.3 is 16.0 Å². The van der Waals surface area contributed by atoms with Crippen molar-refractivity contribution in [2.75, 3.05) is 18.4 Å². The van der Waals surface area contributed by atoms with E-state index >= 15 is 0 Å². The zero-order valence-corrected chi connectivity index (χ0v) is 11.9. The summed E-state index contributed by atoms with van der Waals surface area (Å²) in [5.41, 5.74) is 7.73. The lowest BCUT2D eigenvalue weighted by atomic mass is 9.94. The number of rotatable bonds is 3. The molecule has 2 unspecified atom stereocenters. The average molecular weight is 275 g/mol. The quantitative estimate of drug-likeness (QED) is 0.868. The van der Waals surface area contributed by atoms with Crippen LogP contribution in [-0.4, -0.2) is 35.8 Å².